The van der Waals surface area contributed by atoms with Crippen LogP contribution in [0.25, 0.3) is 0 Å². The Morgan fingerprint density at radius 1 is 1.33 bits per heavy atom. The number of carboxylic acids is 2. The molecule has 1 aliphatic heterocycles. The van der Waals surface area contributed by atoms with Crippen molar-refractivity contribution in [3.8, 4) is 0 Å². The monoisotopic (exact) mass is 218 g/mol. The topological polar surface area (TPSA) is 89.9 Å². The number of aliphatic carboxylic acids is 2. The number of rotatable bonds is 2. The summed E-state index contributed by atoms with van der Waals surface area (Å²) in [5.74, 6) is -3.65. The smallest absolute Gasteiger partial charge is 0.414 e. The lowest BCUT2D eigenvalue weighted by Gasteiger charge is -2.15. The van der Waals surface area contributed by atoms with Gasteiger partial charge < -0.3 is 20.4 Å². The molecular formula is C9H18N2O4. The van der Waals surface area contributed by atoms with Crippen LogP contribution in [0.1, 0.15) is 12.8 Å². The van der Waals surface area contributed by atoms with Gasteiger partial charge in [0.2, 0.25) is 0 Å². The molecule has 15 heavy (non-hydrogen) atoms. The van der Waals surface area contributed by atoms with Gasteiger partial charge >= 0.3 is 11.9 Å². The van der Waals surface area contributed by atoms with Crippen molar-refractivity contribution in [1.29, 1.82) is 0 Å². The molecule has 0 bridgehead atoms. The zero-order chi connectivity index (χ0) is 11.8. The van der Waals surface area contributed by atoms with Crippen molar-refractivity contribution < 1.29 is 19.8 Å². The number of carbonyl (C=O) groups is 2. The number of nitrogens with zero attached hydrogens (tertiary/aromatic N) is 1. The second-order valence-corrected chi connectivity index (χ2v) is 3.67. The van der Waals surface area contributed by atoms with Gasteiger partial charge in [-0.3, -0.25) is 0 Å². The summed E-state index contributed by atoms with van der Waals surface area (Å²) in [5.41, 5.74) is 0. The Morgan fingerprint density at radius 3 is 2.13 bits per heavy atom. The fraction of sp³-hybridized carbons (Fsp3) is 0.778. The highest BCUT2D eigenvalue weighted by Gasteiger charge is 2.13. The second kappa shape index (κ2) is 7.19. The van der Waals surface area contributed by atoms with Crippen LogP contribution in [0, 0.1) is 0 Å². The molecule has 6 nitrogen and oxygen atoms in total. The van der Waals surface area contributed by atoms with Gasteiger partial charge in [-0.05, 0) is 33.5 Å². The van der Waals surface area contributed by atoms with Gasteiger partial charge in [-0.25, -0.2) is 9.59 Å². The number of carboxylic acid groups (broad SMARTS) is 2. The fourth-order valence-corrected chi connectivity index (χ4v) is 1.35. The normalized spacial score (nSPS) is 19.5. The van der Waals surface area contributed by atoms with Gasteiger partial charge in [0.25, 0.3) is 0 Å². The lowest BCUT2D eigenvalue weighted by atomic mass is 10.2. The molecular weight excluding hydrogens is 200 g/mol. The second-order valence-electron chi connectivity index (χ2n) is 3.67. The molecule has 0 aromatic carbocycles. The lowest BCUT2D eigenvalue weighted by molar-refractivity contribution is -0.159. The van der Waals surface area contributed by atoms with E-state index in [1.807, 2.05) is 0 Å². The highest BCUT2D eigenvalue weighted by Crippen LogP contribution is 2.04. The zero-order valence-corrected chi connectivity index (χ0v) is 9.06. The van der Waals surface area contributed by atoms with Crippen LogP contribution in [-0.4, -0.2) is 60.3 Å². The van der Waals surface area contributed by atoms with Gasteiger partial charge in [0.15, 0.2) is 0 Å². The maximum atomic E-state index is 9.10. The molecule has 1 aliphatic rings. The third kappa shape index (κ3) is 7.90. The maximum absolute atomic E-state index is 9.10. The van der Waals surface area contributed by atoms with Crippen molar-refractivity contribution >= 4 is 11.9 Å². The molecule has 0 saturated carbocycles. The van der Waals surface area contributed by atoms with Crippen LogP contribution in [0.2, 0.25) is 0 Å². The predicted molar refractivity (Wildman–Crippen MR) is 54.9 cm³/mol. The Kier molecular flexibility index (Phi) is 6.64. The van der Waals surface area contributed by atoms with E-state index in [0.717, 1.165) is 6.04 Å². The Balaban J connectivity index is 0.000000288. The van der Waals surface area contributed by atoms with E-state index >= 15 is 0 Å². The van der Waals surface area contributed by atoms with Crippen molar-refractivity contribution in [3.05, 3.63) is 0 Å². The summed E-state index contributed by atoms with van der Waals surface area (Å²) in [5, 5.41) is 18.2. The Hall–Kier alpha value is -1.14. The van der Waals surface area contributed by atoms with E-state index in [1.54, 1.807) is 0 Å². The van der Waals surface area contributed by atoms with Crippen LogP contribution in [0.4, 0.5) is 0 Å². The van der Waals surface area contributed by atoms with Crippen molar-refractivity contribution in [3.63, 3.8) is 0 Å². The summed E-state index contributed by atoms with van der Waals surface area (Å²) < 4.78 is 0. The molecule has 88 valence electrons. The van der Waals surface area contributed by atoms with Gasteiger partial charge in [-0.1, -0.05) is 0 Å². The molecule has 1 rings (SSSR count). The maximum Gasteiger partial charge on any atom is 0.414 e. The van der Waals surface area contributed by atoms with E-state index in [1.165, 1.54) is 25.9 Å². The SMILES string of the molecule is CN(C)CC1CCCN1.O=C(O)C(=O)O. The van der Waals surface area contributed by atoms with Gasteiger partial charge in [-0.15, -0.1) is 0 Å². The molecule has 1 saturated heterocycles. The molecule has 1 fully saturated rings. The van der Waals surface area contributed by atoms with Crippen LogP contribution in [0.5, 0.6) is 0 Å². The van der Waals surface area contributed by atoms with Crippen LogP contribution in [-0.2, 0) is 9.59 Å². The van der Waals surface area contributed by atoms with E-state index in [9.17, 15) is 0 Å². The first-order valence-electron chi connectivity index (χ1n) is 4.77. The van der Waals surface area contributed by atoms with E-state index in [0.29, 0.717) is 0 Å². The first-order valence-corrected chi connectivity index (χ1v) is 4.77. The van der Waals surface area contributed by atoms with Crippen LogP contribution in [0.15, 0.2) is 0 Å². The molecule has 3 N–H and O–H groups in total. The summed E-state index contributed by atoms with van der Waals surface area (Å²) in [4.78, 5) is 20.4. The first kappa shape index (κ1) is 13.9. The Morgan fingerprint density at radius 2 is 1.87 bits per heavy atom. The Labute approximate surface area is 88.9 Å². The van der Waals surface area contributed by atoms with E-state index < -0.39 is 11.9 Å². The van der Waals surface area contributed by atoms with E-state index in [4.69, 9.17) is 19.8 Å². The molecule has 1 atom stereocenters. The van der Waals surface area contributed by atoms with Crippen LogP contribution >= 0.6 is 0 Å². The molecule has 1 heterocycles. The average Bonchev–Trinajstić information content (AvgIpc) is 2.56. The number of hydrogen-bond donors (Lipinski definition) is 3. The van der Waals surface area contributed by atoms with Crippen molar-refractivity contribution in [1.82, 2.24) is 10.2 Å². The number of nitrogens with one attached hydrogen (secondary N) is 1. The third-order valence-electron chi connectivity index (χ3n) is 1.93. The molecule has 0 aromatic rings. The minimum absolute atomic E-state index is 0.764. The highest BCUT2D eigenvalue weighted by molar-refractivity contribution is 6.27. The van der Waals surface area contributed by atoms with Crippen LogP contribution < -0.4 is 5.32 Å². The van der Waals surface area contributed by atoms with Gasteiger partial charge in [-0.2, -0.15) is 0 Å². The fourth-order valence-electron chi connectivity index (χ4n) is 1.35. The molecule has 0 spiro atoms. The van der Waals surface area contributed by atoms with Crippen molar-refractivity contribution in [2.45, 2.75) is 18.9 Å². The molecule has 0 aromatic heterocycles. The van der Waals surface area contributed by atoms with Crippen molar-refractivity contribution in [2.24, 2.45) is 0 Å². The standard InChI is InChI=1S/C7H16N2.C2H2O4/c1-9(2)6-7-4-3-5-8-7;3-1(4)2(5)6/h7-8H,3-6H2,1-2H3;(H,3,4)(H,5,6). The molecule has 6 heteroatoms. The zero-order valence-electron chi connectivity index (χ0n) is 9.06. The van der Waals surface area contributed by atoms with Crippen molar-refractivity contribution in [2.75, 3.05) is 27.2 Å². The number of hydrogen-bond acceptors (Lipinski definition) is 4. The van der Waals surface area contributed by atoms with Gasteiger partial charge in [0, 0.05) is 12.6 Å². The minimum Gasteiger partial charge on any atom is -0.473 e. The van der Waals surface area contributed by atoms with E-state index in [-0.39, 0.29) is 0 Å². The van der Waals surface area contributed by atoms with Gasteiger partial charge in [0.05, 0.1) is 0 Å². The molecule has 0 aliphatic carbocycles. The number of likely N-dealkylation sites (N-methyl/N-ethyl adjacent to an activating group) is 1. The predicted octanol–water partition coefficient (Wildman–Crippen LogP) is -0.544. The summed E-state index contributed by atoms with van der Waals surface area (Å²) in [6, 6.07) is 0.764. The largest absolute Gasteiger partial charge is 0.473 e. The summed E-state index contributed by atoms with van der Waals surface area (Å²) in [7, 11) is 4.25. The lowest BCUT2D eigenvalue weighted by Crippen LogP contribution is -2.33. The highest BCUT2D eigenvalue weighted by atomic mass is 16.4. The quantitative estimate of drug-likeness (QED) is 0.539. The molecule has 0 amide bonds. The van der Waals surface area contributed by atoms with E-state index in [2.05, 4.69) is 24.3 Å². The summed E-state index contributed by atoms with van der Waals surface area (Å²) in [6.07, 6.45) is 2.72. The third-order valence-corrected chi connectivity index (χ3v) is 1.93. The molecule has 0 radical (unpaired) electrons. The van der Waals surface area contributed by atoms with Crippen LogP contribution in [0.3, 0.4) is 0 Å². The average molecular weight is 218 g/mol. The Bertz CT molecular complexity index is 200. The minimum atomic E-state index is -1.82. The molecule has 1 unspecified atom stereocenters. The summed E-state index contributed by atoms with van der Waals surface area (Å²) >= 11 is 0. The summed E-state index contributed by atoms with van der Waals surface area (Å²) in [6.45, 7) is 2.42. The first-order chi connectivity index (χ1) is 6.93. The van der Waals surface area contributed by atoms with Gasteiger partial charge in [0.1, 0.15) is 0 Å².